The number of anilines is 1. The van der Waals surface area contributed by atoms with Gasteiger partial charge < -0.3 is 5.73 Å². The second-order valence-electron chi connectivity index (χ2n) is 3.24. The summed E-state index contributed by atoms with van der Waals surface area (Å²) in [6, 6.07) is 8.01. The fraction of sp³-hybridized carbons (Fsp3) is 0.400. The van der Waals surface area contributed by atoms with E-state index in [-0.39, 0.29) is 12.4 Å². The molecule has 2 N–H and O–H groups in total. The Balaban J connectivity index is 0.00000144. The summed E-state index contributed by atoms with van der Waals surface area (Å²) in [5, 5.41) is 0. The molecule has 1 rings (SSSR count). The van der Waals surface area contributed by atoms with Crippen LogP contribution in [0.1, 0.15) is 13.8 Å². The van der Waals surface area contributed by atoms with E-state index < -0.39 is 0 Å². The first-order valence-corrected chi connectivity index (χ1v) is 5.16. The van der Waals surface area contributed by atoms with Gasteiger partial charge in [-0.1, -0.05) is 26.0 Å². The highest BCUT2D eigenvalue weighted by Gasteiger charge is 1.99. The Bertz CT molecular complexity index is 250. The van der Waals surface area contributed by atoms with Crippen LogP contribution in [0.3, 0.4) is 0 Å². The van der Waals surface area contributed by atoms with Crippen LogP contribution < -0.4 is 5.73 Å². The molecule has 0 fully saturated rings. The molecular weight excluding hydrogens is 202 g/mol. The Morgan fingerprint density at radius 3 is 2.46 bits per heavy atom. The third kappa shape index (κ3) is 4.44. The van der Waals surface area contributed by atoms with E-state index >= 15 is 0 Å². The van der Waals surface area contributed by atoms with E-state index in [1.54, 1.807) is 0 Å². The Kier molecular flexibility index (Phi) is 6.00. The summed E-state index contributed by atoms with van der Waals surface area (Å²) in [7, 11) is 0. The molecule has 0 aromatic heterocycles. The molecule has 1 aromatic carbocycles. The van der Waals surface area contributed by atoms with Crippen LogP contribution in [0.25, 0.3) is 0 Å². The van der Waals surface area contributed by atoms with Crippen LogP contribution in [-0.4, -0.2) is 5.75 Å². The lowest BCUT2D eigenvalue weighted by atomic mass is 10.3. The first kappa shape index (κ1) is 12.7. The van der Waals surface area contributed by atoms with Gasteiger partial charge in [0.1, 0.15) is 0 Å². The lowest BCUT2D eigenvalue weighted by molar-refractivity contribution is 0.750. The smallest absolute Gasteiger partial charge is 0.0452 e. The summed E-state index contributed by atoms with van der Waals surface area (Å²) in [5.41, 5.74) is 6.68. The molecule has 0 atom stereocenters. The van der Waals surface area contributed by atoms with Crippen molar-refractivity contribution < 1.29 is 0 Å². The van der Waals surface area contributed by atoms with E-state index in [0.717, 1.165) is 17.4 Å². The fourth-order valence-electron chi connectivity index (χ4n) is 0.868. The minimum Gasteiger partial charge on any atom is -0.398 e. The highest BCUT2D eigenvalue weighted by atomic mass is 35.5. The zero-order valence-electron chi connectivity index (χ0n) is 7.99. The van der Waals surface area contributed by atoms with Gasteiger partial charge in [-0.3, -0.25) is 0 Å². The molecule has 0 spiro atoms. The maximum Gasteiger partial charge on any atom is 0.0452 e. The van der Waals surface area contributed by atoms with Crippen molar-refractivity contribution in [3.05, 3.63) is 24.3 Å². The lowest BCUT2D eigenvalue weighted by Gasteiger charge is -2.06. The average molecular weight is 218 g/mol. The van der Waals surface area contributed by atoms with Gasteiger partial charge in [0, 0.05) is 16.3 Å². The van der Waals surface area contributed by atoms with Crippen molar-refractivity contribution >= 4 is 29.9 Å². The standard InChI is InChI=1S/C10H15NS.ClH/c1-8(2)7-12-10-6-4-3-5-9(10)11;/h3-6,8H,7,11H2,1-2H3;1H. The maximum atomic E-state index is 5.79. The van der Waals surface area contributed by atoms with Gasteiger partial charge in [0.25, 0.3) is 0 Å². The summed E-state index contributed by atoms with van der Waals surface area (Å²) in [5.74, 6) is 1.85. The third-order valence-corrected chi connectivity index (χ3v) is 3.01. The number of nitrogens with two attached hydrogens (primary N) is 1. The number of thioether (sulfide) groups is 1. The van der Waals surface area contributed by atoms with Crippen LogP contribution in [0.2, 0.25) is 0 Å². The summed E-state index contributed by atoms with van der Waals surface area (Å²) in [6.45, 7) is 4.43. The van der Waals surface area contributed by atoms with Gasteiger partial charge in [-0.05, 0) is 18.1 Å². The van der Waals surface area contributed by atoms with E-state index in [4.69, 9.17) is 5.73 Å². The second kappa shape index (κ2) is 6.17. The lowest BCUT2D eigenvalue weighted by Crippen LogP contribution is -1.93. The first-order valence-electron chi connectivity index (χ1n) is 4.17. The SMILES string of the molecule is CC(C)CSc1ccccc1N.Cl. The van der Waals surface area contributed by atoms with E-state index in [9.17, 15) is 0 Å². The van der Waals surface area contributed by atoms with Gasteiger partial charge in [0.2, 0.25) is 0 Å². The van der Waals surface area contributed by atoms with Gasteiger partial charge in [0.15, 0.2) is 0 Å². The van der Waals surface area contributed by atoms with E-state index in [1.807, 2.05) is 30.0 Å². The van der Waals surface area contributed by atoms with Gasteiger partial charge >= 0.3 is 0 Å². The normalized spacial score (nSPS) is 9.77. The summed E-state index contributed by atoms with van der Waals surface area (Å²) >= 11 is 1.83. The van der Waals surface area contributed by atoms with Crippen molar-refractivity contribution in [1.82, 2.24) is 0 Å². The molecule has 1 aromatic rings. The number of hydrogen-bond acceptors (Lipinski definition) is 2. The quantitative estimate of drug-likeness (QED) is 0.620. The minimum absolute atomic E-state index is 0. The van der Waals surface area contributed by atoms with Crippen LogP contribution in [0, 0.1) is 5.92 Å². The highest BCUT2D eigenvalue weighted by molar-refractivity contribution is 7.99. The second-order valence-corrected chi connectivity index (χ2v) is 4.30. The van der Waals surface area contributed by atoms with Crippen molar-refractivity contribution in [2.75, 3.05) is 11.5 Å². The van der Waals surface area contributed by atoms with Crippen molar-refractivity contribution in [1.29, 1.82) is 0 Å². The summed E-state index contributed by atoms with van der Waals surface area (Å²) in [4.78, 5) is 1.20. The predicted octanol–water partition coefficient (Wildman–Crippen LogP) is 3.44. The number of nitrogen functional groups attached to an aromatic ring is 1. The Morgan fingerprint density at radius 2 is 1.92 bits per heavy atom. The molecule has 0 aliphatic rings. The summed E-state index contributed by atoms with van der Waals surface area (Å²) in [6.07, 6.45) is 0. The molecule has 0 heterocycles. The van der Waals surface area contributed by atoms with Crippen molar-refractivity contribution in [3.63, 3.8) is 0 Å². The predicted molar refractivity (Wildman–Crippen MR) is 63.7 cm³/mol. The molecular formula is C10H16ClNS. The summed E-state index contributed by atoms with van der Waals surface area (Å²) < 4.78 is 0. The molecule has 0 amide bonds. The molecule has 0 saturated carbocycles. The maximum absolute atomic E-state index is 5.79. The van der Waals surface area contributed by atoms with Crippen LogP contribution in [0.4, 0.5) is 5.69 Å². The van der Waals surface area contributed by atoms with Crippen molar-refractivity contribution in [2.24, 2.45) is 5.92 Å². The van der Waals surface area contributed by atoms with Gasteiger partial charge in [-0.2, -0.15) is 0 Å². The minimum atomic E-state index is 0. The van der Waals surface area contributed by atoms with E-state index in [2.05, 4.69) is 19.9 Å². The molecule has 74 valence electrons. The zero-order chi connectivity index (χ0) is 8.97. The zero-order valence-corrected chi connectivity index (χ0v) is 9.62. The van der Waals surface area contributed by atoms with Crippen LogP contribution >= 0.6 is 24.2 Å². The molecule has 3 heteroatoms. The van der Waals surface area contributed by atoms with Crippen LogP contribution in [0.5, 0.6) is 0 Å². The number of para-hydroxylation sites is 1. The van der Waals surface area contributed by atoms with Crippen LogP contribution in [0.15, 0.2) is 29.2 Å². The molecule has 0 bridgehead atoms. The number of hydrogen-bond donors (Lipinski definition) is 1. The first-order chi connectivity index (χ1) is 5.70. The molecule has 0 aliphatic carbocycles. The number of benzene rings is 1. The molecule has 0 saturated heterocycles. The molecule has 1 nitrogen and oxygen atoms in total. The molecule has 0 aliphatic heterocycles. The number of halogens is 1. The van der Waals surface area contributed by atoms with Crippen molar-refractivity contribution in [3.8, 4) is 0 Å². The largest absolute Gasteiger partial charge is 0.398 e. The van der Waals surface area contributed by atoms with Crippen LogP contribution in [-0.2, 0) is 0 Å². The highest BCUT2D eigenvalue weighted by Crippen LogP contribution is 2.25. The third-order valence-electron chi connectivity index (χ3n) is 1.49. The Morgan fingerprint density at radius 1 is 1.31 bits per heavy atom. The molecule has 0 radical (unpaired) electrons. The topological polar surface area (TPSA) is 26.0 Å². The average Bonchev–Trinajstić information content (AvgIpc) is 2.03. The van der Waals surface area contributed by atoms with Crippen molar-refractivity contribution in [2.45, 2.75) is 18.7 Å². The van der Waals surface area contributed by atoms with E-state index in [0.29, 0.717) is 0 Å². The Hall–Kier alpha value is -0.340. The monoisotopic (exact) mass is 217 g/mol. The molecule has 0 unspecified atom stereocenters. The van der Waals surface area contributed by atoms with Gasteiger partial charge in [0.05, 0.1) is 0 Å². The molecule has 13 heavy (non-hydrogen) atoms. The van der Waals surface area contributed by atoms with Gasteiger partial charge in [-0.25, -0.2) is 0 Å². The van der Waals surface area contributed by atoms with E-state index in [1.165, 1.54) is 4.90 Å². The Labute approximate surface area is 90.5 Å². The fourth-order valence-corrected chi connectivity index (χ4v) is 1.79. The number of rotatable bonds is 3. The van der Waals surface area contributed by atoms with Gasteiger partial charge in [-0.15, -0.1) is 24.2 Å².